The quantitative estimate of drug-likeness (QED) is 0.472. The molecule has 5 rings (SSSR count). The van der Waals surface area contributed by atoms with Crippen LogP contribution in [0.25, 0.3) is 6.08 Å². The molecule has 38 heavy (non-hydrogen) atoms. The molecular weight excluding hydrogens is 486 g/mol. The Kier molecular flexibility index (Phi) is 9.29. The van der Waals surface area contributed by atoms with Crippen molar-refractivity contribution in [2.24, 2.45) is 0 Å². The fourth-order valence-corrected chi connectivity index (χ4v) is 4.59. The average molecular weight is 520 g/mol. The summed E-state index contributed by atoms with van der Waals surface area (Å²) in [5.41, 5.74) is 3.58. The first-order chi connectivity index (χ1) is 18.4. The van der Waals surface area contributed by atoms with Gasteiger partial charge in [0.05, 0.1) is 11.8 Å². The van der Waals surface area contributed by atoms with Crippen LogP contribution < -0.4 is 4.74 Å². The molecule has 0 amide bonds. The molecule has 1 atom stereocenters. The molecule has 1 aromatic heterocycles. The number of likely N-dealkylation sites (tertiary alicyclic amines) is 1. The van der Waals surface area contributed by atoms with Gasteiger partial charge in [-0.15, -0.1) is 0 Å². The minimum atomic E-state index is -1.82. The number of aromatic nitrogens is 2. The lowest BCUT2D eigenvalue weighted by atomic mass is 10.00. The van der Waals surface area contributed by atoms with Crippen LogP contribution >= 0.6 is 0 Å². The first-order valence-corrected chi connectivity index (χ1v) is 12.7. The summed E-state index contributed by atoms with van der Waals surface area (Å²) in [7, 11) is 2.18. The molecule has 1 unspecified atom stereocenters. The zero-order chi connectivity index (χ0) is 26.9. The van der Waals surface area contributed by atoms with E-state index < -0.39 is 11.9 Å². The fraction of sp³-hybridized carbons (Fsp3) is 0.345. The van der Waals surface area contributed by atoms with E-state index in [0.29, 0.717) is 6.61 Å². The number of piperidine rings is 1. The Hall–Kier alpha value is -3.95. The molecule has 9 heteroatoms. The summed E-state index contributed by atoms with van der Waals surface area (Å²) in [6, 6.07) is 18.6. The van der Waals surface area contributed by atoms with Crippen LogP contribution in [0.2, 0.25) is 0 Å². The second-order valence-electron chi connectivity index (χ2n) is 9.32. The van der Waals surface area contributed by atoms with Gasteiger partial charge in [-0.05, 0) is 61.7 Å². The third-order valence-corrected chi connectivity index (χ3v) is 6.58. The smallest absolute Gasteiger partial charge is 0.414 e. The molecule has 2 aromatic carbocycles. The van der Waals surface area contributed by atoms with Gasteiger partial charge < -0.3 is 29.2 Å². The van der Waals surface area contributed by atoms with E-state index in [1.807, 2.05) is 42.5 Å². The summed E-state index contributed by atoms with van der Waals surface area (Å²) in [6.07, 6.45) is 9.49. The SMILES string of the molecule is CN1CCC(OC2c3ccccc3CCn3cc(C=CCOc4ccccc4)nc32)CC1.O=C(O)C(=O)O. The van der Waals surface area contributed by atoms with E-state index in [1.54, 1.807) is 0 Å². The van der Waals surface area contributed by atoms with Crippen LogP contribution in [0.5, 0.6) is 5.75 Å². The van der Waals surface area contributed by atoms with Crippen molar-refractivity contribution in [3.63, 3.8) is 0 Å². The molecule has 2 aliphatic heterocycles. The van der Waals surface area contributed by atoms with Crippen molar-refractivity contribution in [2.75, 3.05) is 26.7 Å². The molecule has 0 spiro atoms. The van der Waals surface area contributed by atoms with Crippen molar-refractivity contribution < 1.29 is 29.3 Å². The van der Waals surface area contributed by atoms with E-state index in [-0.39, 0.29) is 12.2 Å². The Morgan fingerprint density at radius 2 is 1.68 bits per heavy atom. The van der Waals surface area contributed by atoms with Crippen LogP contribution in [-0.2, 0) is 27.3 Å². The average Bonchev–Trinajstić information content (AvgIpc) is 3.27. The van der Waals surface area contributed by atoms with Gasteiger partial charge in [0.15, 0.2) is 0 Å². The van der Waals surface area contributed by atoms with E-state index in [9.17, 15) is 0 Å². The van der Waals surface area contributed by atoms with Gasteiger partial charge in [0.1, 0.15) is 24.3 Å². The predicted molar refractivity (Wildman–Crippen MR) is 142 cm³/mol. The second kappa shape index (κ2) is 13.0. The Balaban J connectivity index is 0.000000505. The summed E-state index contributed by atoms with van der Waals surface area (Å²) in [6.45, 7) is 3.61. The van der Waals surface area contributed by atoms with Gasteiger partial charge in [-0.25, -0.2) is 14.6 Å². The number of rotatable bonds is 6. The van der Waals surface area contributed by atoms with Gasteiger partial charge in [0.25, 0.3) is 0 Å². The standard InChI is InChI=1S/C27H31N3O2.C2H2O4/c1-29-16-14-24(15-17-29)32-26-25-12-6-5-8-21(25)13-18-30-20-22(28-27(26)30)9-7-19-31-23-10-3-2-4-11-23;3-1(4)2(5)6/h2-12,20,24,26H,13-19H2,1H3;(H,3,4)(H,5,6). The number of ether oxygens (including phenoxy) is 2. The number of hydrogen-bond acceptors (Lipinski definition) is 6. The lowest BCUT2D eigenvalue weighted by molar-refractivity contribution is -0.159. The van der Waals surface area contributed by atoms with Gasteiger partial charge in [-0.1, -0.05) is 42.5 Å². The number of benzene rings is 2. The van der Waals surface area contributed by atoms with Gasteiger partial charge in [0, 0.05) is 25.8 Å². The number of fused-ring (bicyclic) bond motifs is 2. The number of carboxylic acid groups (broad SMARTS) is 2. The molecule has 0 aliphatic carbocycles. The Bertz CT molecular complexity index is 1240. The molecular formula is C29H33N3O6. The lowest BCUT2D eigenvalue weighted by Crippen LogP contribution is -2.35. The Morgan fingerprint density at radius 3 is 2.39 bits per heavy atom. The highest BCUT2D eigenvalue weighted by Crippen LogP contribution is 2.34. The van der Waals surface area contributed by atoms with Crippen molar-refractivity contribution in [1.82, 2.24) is 14.5 Å². The maximum atomic E-state index is 9.10. The summed E-state index contributed by atoms with van der Waals surface area (Å²) in [5, 5.41) is 14.8. The summed E-state index contributed by atoms with van der Waals surface area (Å²) < 4.78 is 14.8. The number of para-hydroxylation sites is 1. The van der Waals surface area contributed by atoms with Gasteiger partial charge >= 0.3 is 11.9 Å². The van der Waals surface area contributed by atoms with Crippen LogP contribution in [0.3, 0.4) is 0 Å². The van der Waals surface area contributed by atoms with Crippen LogP contribution in [0.1, 0.15) is 41.6 Å². The maximum absolute atomic E-state index is 9.10. The maximum Gasteiger partial charge on any atom is 0.414 e. The topological polar surface area (TPSA) is 114 Å². The minimum Gasteiger partial charge on any atom is -0.490 e. The van der Waals surface area contributed by atoms with Crippen LogP contribution in [0.4, 0.5) is 0 Å². The van der Waals surface area contributed by atoms with E-state index in [4.69, 9.17) is 34.3 Å². The number of aryl methyl sites for hydroxylation is 2. The Labute approximate surface area is 221 Å². The summed E-state index contributed by atoms with van der Waals surface area (Å²) in [5.74, 6) is -1.76. The van der Waals surface area contributed by atoms with Gasteiger partial charge in [-0.3, -0.25) is 0 Å². The molecule has 1 saturated heterocycles. The highest BCUT2D eigenvalue weighted by molar-refractivity contribution is 6.27. The largest absolute Gasteiger partial charge is 0.490 e. The van der Waals surface area contributed by atoms with Crippen molar-refractivity contribution >= 4 is 18.0 Å². The van der Waals surface area contributed by atoms with E-state index in [0.717, 1.165) is 56.2 Å². The highest BCUT2D eigenvalue weighted by atomic mass is 16.5. The van der Waals surface area contributed by atoms with E-state index in [2.05, 4.69) is 47.0 Å². The highest BCUT2D eigenvalue weighted by Gasteiger charge is 2.30. The third-order valence-electron chi connectivity index (χ3n) is 6.58. The molecule has 2 aliphatic rings. The molecule has 200 valence electrons. The zero-order valence-corrected chi connectivity index (χ0v) is 21.4. The minimum absolute atomic E-state index is 0.121. The van der Waals surface area contributed by atoms with Crippen LogP contribution in [0.15, 0.2) is 66.9 Å². The monoisotopic (exact) mass is 519 g/mol. The van der Waals surface area contributed by atoms with Crippen LogP contribution in [0, 0.1) is 0 Å². The molecule has 3 aromatic rings. The Morgan fingerprint density at radius 1 is 1.00 bits per heavy atom. The molecule has 0 radical (unpaired) electrons. The number of carboxylic acids is 2. The van der Waals surface area contributed by atoms with Gasteiger partial charge in [-0.2, -0.15) is 0 Å². The molecule has 3 heterocycles. The second-order valence-corrected chi connectivity index (χ2v) is 9.32. The van der Waals surface area contributed by atoms with E-state index >= 15 is 0 Å². The van der Waals surface area contributed by atoms with Crippen molar-refractivity contribution in [3.05, 3.63) is 89.5 Å². The number of imidazole rings is 1. The first-order valence-electron chi connectivity index (χ1n) is 12.7. The number of aliphatic carboxylic acids is 2. The fourth-order valence-electron chi connectivity index (χ4n) is 4.59. The van der Waals surface area contributed by atoms with E-state index in [1.165, 1.54) is 11.1 Å². The number of carbonyl (C=O) groups is 2. The third kappa shape index (κ3) is 7.30. The molecule has 0 bridgehead atoms. The normalized spacial score (nSPS) is 17.6. The lowest BCUT2D eigenvalue weighted by Gasteiger charge is -2.32. The van der Waals surface area contributed by atoms with Crippen molar-refractivity contribution in [3.8, 4) is 5.75 Å². The van der Waals surface area contributed by atoms with Gasteiger partial charge in [0.2, 0.25) is 0 Å². The molecule has 2 N–H and O–H groups in total. The van der Waals surface area contributed by atoms with Crippen molar-refractivity contribution in [1.29, 1.82) is 0 Å². The van der Waals surface area contributed by atoms with Crippen LogP contribution in [-0.4, -0.2) is 69.5 Å². The summed E-state index contributed by atoms with van der Waals surface area (Å²) >= 11 is 0. The molecule has 0 saturated carbocycles. The predicted octanol–water partition coefficient (Wildman–Crippen LogP) is 3.89. The molecule has 1 fully saturated rings. The number of hydrogen-bond donors (Lipinski definition) is 2. The molecule has 9 nitrogen and oxygen atoms in total. The van der Waals surface area contributed by atoms with Crippen molar-refractivity contribution in [2.45, 2.75) is 38.0 Å². The zero-order valence-electron chi connectivity index (χ0n) is 21.4. The number of nitrogens with zero attached hydrogens (tertiary/aromatic N) is 3. The first kappa shape index (κ1) is 27.1. The summed E-state index contributed by atoms with van der Waals surface area (Å²) in [4.78, 5) is 25.6.